The molecule has 0 atom stereocenters. The lowest BCUT2D eigenvalue weighted by Gasteiger charge is -2.14. The first-order chi connectivity index (χ1) is 9.06. The molecule has 102 valence electrons. The van der Waals surface area contributed by atoms with Crippen molar-refractivity contribution in [3.63, 3.8) is 0 Å². The predicted octanol–water partition coefficient (Wildman–Crippen LogP) is 3.10. The van der Waals surface area contributed by atoms with Gasteiger partial charge in [-0.2, -0.15) is 0 Å². The molecule has 0 bridgehead atoms. The number of carbonyl (C=O) groups excluding carboxylic acids is 1. The number of benzene rings is 1. The van der Waals surface area contributed by atoms with Crippen molar-refractivity contribution in [1.82, 2.24) is 5.32 Å². The molecule has 19 heavy (non-hydrogen) atoms. The molecule has 1 aromatic rings. The van der Waals surface area contributed by atoms with Gasteiger partial charge in [0.15, 0.2) is 0 Å². The number of urea groups is 1. The van der Waals surface area contributed by atoms with E-state index in [-0.39, 0.29) is 23.3 Å². The van der Waals surface area contributed by atoms with Gasteiger partial charge < -0.3 is 15.7 Å². The van der Waals surface area contributed by atoms with E-state index >= 15 is 0 Å². The van der Waals surface area contributed by atoms with Gasteiger partial charge >= 0.3 is 12.0 Å². The molecular weight excluding hydrogens is 268 g/mol. The van der Waals surface area contributed by atoms with Crippen LogP contribution in [0.3, 0.4) is 0 Å². The smallest absolute Gasteiger partial charge is 0.337 e. The summed E-state index contributed by atoms with van der Waals surface area (Å²) in [5.74, 6) is -1.13. The monoisotopic (exact) mass is 282 g/mol. The summed E-state index contributed by atoms with van der Waals surface area (Å²) in [6, 6.07) is 4.14. The molecule has 6 heteroatoms. The van der Waals surface area contributed by atoms with Crippen LogP contribution in [0.2, 0.25) is 5.02 Å². The Morgan fingerprint density at radius 3 is 2.58 bits per heavy atom. The third kappa shape index (κ3) is 3.61. The van der Waals surface area contributed by atoms with E-state index in [4.69, 9.17) is 16.7 Å². The molecule has 0 aliphatic heterocycles. The molecule has 1 saturated carbocycles. The average Bonchev–Trinajstić information content (AvgIpc) is 2.83. The lowest BCUT2D eigenvalue weighted by Crippen LogP contribution is -2.36. The van der Waals surface area contributed by atoms with Crippen LogP contribution < -0.4 is 10.6 Å². The molecule has 1 aliphatic rings. The SMILES string of the molecule is O=C(Nc1ccc(Cl)cc1C(=O)O)NC1CCCC1. The van der Waals surface area contributed by atoms with Gasteiger partial charge in [0.05, 0.1) is 11.3 Å². The normalized spacial score (nSPS) is 15.2. The van der Waals surface area contributed by atoms with Crippen LogP contribution in [0.15, 0.2) is 18.2 Å². The van der Waals surface area contributed by atoms with Gasteiger partial charge in [0.2, 0.25) is 0 Å². The van der Waals surface area contributed by atoms with E-state index in [0.29, 0.717) is 5.02 Å². The Kier molecular flexibility index (Phi) is 4.27. The minimum absolute atomic E-state index is 0.0194. The fourth-order valence-corrected chi connectivity index (χ4v) is 2.39. The maximum absolute atomic E-state index is 11.8. The van der Waals surface area contributed by atoms with Gasteiger partial charge in [-0.25, -0.2) is 9.59 Å². The van der Waals surface area contributed by atoms with Gasteiger partial charge in [0, 0.05) is 11.1 Å². The van der Waals surface area contributed by atoms with E-state index in [0.717, 1.165) is 25.7 Å². The number of aromatic carboxylic acids is 1. The van der Waals surface area contributed by atoms with Crippen molar-refractivity contribution in [2.75, 3.05) is 5.32 Å². The standard InChI is InChI=1S/C13H15ClN2O3/c14-8-5-6-11(10(7-8)12(17)18)16-13(19)15-9-3-1-2-4-9/h5-7,9H,1-4H2,(H,17,18)(H2,15,16,19). The Morgan fingerprint density at radius 1 is 1.26 bits per heavy atom. The average molecular weight is 283 g/mol. The molecule has 0 radical (unpaired) electrons. The zero-order valence-electron chi connectivity index (χ0n) is 10.3. The number of anilines is 1. The van der Waals surface area contributed by atoms with Crippen LogP contribution in [0, 0.1) is 0 Å². The molecule has 0 spiro atoms. The first-order valence-electron chi connectivity index (χ1n) is 6.16. The highest BCUT2D eigenvalue weighted by molar-refractivity contribution is 6.31. The number of amides is 2. The topological polar surface area (TPSA) is 78.4 Å². The van der Waals surface area contributed by atoms with Crippen LogP contribution in [-0.2, 0) is 0 Å². The molecule has 3 N–H and O–H groups in total. The Morgan fingerprint density at radius 2 is 1.95 bits per heavy atom. The predicted molar refractivity (Wildman–Crippen MR) is 72.8 cm³/mol. The summed E-state index contributed by atoms with van der Waals surface area (Å²) in [7, 11) is 0. The Hall–Kier alpha value is -1.75. The number of carbonyl (C=O) groups is 2. The number of carboxylic acids is 1. The van der Waals surface area contributed by atoms with Gasteiger partial charge in [-0.3, -0.25) is 0 Å². The van der Waals surface area contributed by atoms with Crippen LogP contribution in [0.5, 0.6) is 0 Å². The second-order valence-corrected chi connectivity index (χ2v) is 5.01. The molecule has 1 fully saturated rings. The summed E-state index contributed by atoms with van der Waals surface area (Å²) < 4.78 is 0. The molecule has 1 aromatic carbocycles. The molecule has 0 saturated heterocycles. The molecule has 1 aliphatic carbocycles. The summed E-state index contributed by atoms with van der Waals surface area (Å²) in [4.78, 5) is 22.8. The first-order valence-corrected chi connectivity index (χ1v) is 6.54. The van der Waals surface area contributed by atoms with Gasteiger partial charge in [-0.1, -0.05) is 24.4 Å². The van der Waals surface area contributed by atoms with Crippen LogP contribution in [0.1, 0.15) is 36.0 Å². The maximum atomic E-state index is 11.8. The summed E-state index contributed by atoms with van der Waals surface area (Å²) in [6.07, 6.45) is 4.18. The minimum atomic E-state index is -1.13. The van der Waals surface area contributed by atoms with Crippen molar-refractivity contribution in [1.29, 1.82) is 0 Å². The van der Waals surface area contributed by atoms with E-state index in [1.807, 2.05) is 0 Å². The third-order valence-corrected chi connectivity index (χ3v) is 3.39. The number of hydrogen-bond acceptors (Lipinski definition) is 2. The molecule has 2 rings (SSSR count). The van der Waals surface area contributed by atoms with Crippen LogP contribution in [-0.4, -0.2) is 23.1 Å². The van der Waals surface area contributed by atoms with Crippen molar-refractivity contribution in [3.8, 4) is 0 Å². The molecule has 0 unspecified atom stereocenters. The van der Waals surface area contributed by atoms with Crippen LogP contribution in [0.4, 0.5) is 10.5 Å². The maximum Gasteiger partial charge on any atom is 0.337 e. The summed E-state index contributed by atoms with van der Waals surface area (Å²) >= 11 is 5.74. The van der Waals surface area contributed by atoms with Crippen molar-refractivity contribution in [2.45, 2.75) is 31.7 Å². The molecule has 0 heterocycles. The first kappa shape index (κ1) is 13.7. The molecular formula is C13H15ClN2O3. The van der Waals surface area contributed by atoms with Crippen LogP contribution in [0.25, 0.3) is 0 Å². The number of hydrogen-bond donors (Lipinski definition) is 3. The Balaban J connectivity index is 2.05. The largest absolute Gasteiger partial charge is 0.478 e. The lowest BCUT2D eigenvalue weighted by atomic mass is 10.2. The summed E-state index contributed by atoms with van der Waals surface area (Å²) in [5, 5.41) is 14.8. The Bertz CT molecular complexity index is 499. The zero-order valence-corrected chi connectivity index (χ0v) is 11.0. The van der Waals surface area contributed by atoms with E-state index in [9.17, 15) is 9.59 Å². The zero-order chi connectivity index (χ0) is 13.8. The lowest BCUT2D eigenvalue weighted by molar-refractivity contribution is 0.0698. The molecule has 5 nitrogen and oxygen atoms in total. The minimum Gasteiger partial charge on any atom is -0.478 e. The second-order valence-electron chi connectivity index (χ2n) is 4.57. The van der Waals surface area contributed by atoms with Gasteiger partial charge in [-0.15, -0.1) is 0 Å². The van der Waals surface area contributed by atoms with Gasteiger partial charge in [-0.05, 0) is 31.0 Å². The van der Waals surface area contributed by atoms with E-state index in [1.165, 1.54) is 12.1 Å². The molecule has 2 amide bonds. The molecule has 0 aromatic heterocycles. The van der Waals surface area contributed by atoms with Crippen molar-refractivity contribution >= 4 is 29.3 Å². The highest BCUT2D eigenvalue weighted by Gasteiger charge is 2.18. The van der Waals surface area contributed by atoms with Gasteiger partial charge in [0.1, 0.15) is 0 Å². The van der Waals surface area contributed by atoms with Crippen LogP contribution >= 0.6 is 11.6 Å². The fourth-order valence-electron chi connectivity index (χ4n) is 2.22. The second kappa shape index (κ2) is 5.93. The van der Waals surface area contributed by atoms with Gasteiger partial charge in [0.25, 0.3) is 0 Å². The van der Waals surface area contributed by atoms with E-state index < -0.39 is 5.97 Å². The van der Waals surface area contributed by atoms with Crippen molar-refractivity contribution < 1.29 is 14.7 Å². The van der Waals surface area contributed by atoms with Crippen molar-refractivity contribution in [2.24, 2.45) is 0 Å². The number of carboxylic acid groups (broad SMARTS) is 1. The van der Waals surface area contributed by atoms with E-state index in [1.54, 1.807) is 6.07 Å². The quantitative estimate of drug-likeness (QED) is 0.797. The number of nitrogens with one attached hydrogen (secondary N) is 2. The highest BCUT2D eigenvalue weighted by Crippen LogP contribution is 2.21. The number of halogens is 1. The third-order valence-electron chi connectivity index (χ3n) is 3.15. The Labute approximate surface area is 116 Å². The fraction of sp³-hybridized carbons (Fsp3) is 0.385. The highest BCUT2D eigenvalue weighted by atomic mass is 35.5. The summed E-state index contributed by atoms with van der Waals surface area (Å²) in [5.41, 5.74) is 0.224. The van der Waals surface area contributed by atoms with Crippen molar-refractivity contribution in [3.05, 3.63) is 28.8 Å². The van der Waals surface area contributed by atoms with E-state index in [2.05, 4.69) is 10.6 Å². The summed E-state index contributed by atoms with van der Waals surface area (Å²) in [6.45, 7) is 0. The number of rotatable bonds is 3.